The fraction of sp³-hybridized carbons (Fsp3) is 0.471. The highest BCUT2D eigenvalue weighted by Gasteiger charge is 2.24. The number of rotatable bonds is 3. The topological polar surface area (TPSA) is 54.3 Å². The molecule has 0 radical (unpaired) electrons. The predicted octanol–water partition coefficient (Wildman–Crippen LogP) is 2.46. The molecule has 2 aromatic rings. The van der Waals surface area contributed by atoms with Crippen LogP contribution >= 0.6 is 0 Å². The lowest BCUT2D eigenvalue weighted by Gasteiger charge is -2.27. The second-order valence-corrected chi connectivity index (χ2v) is 5.99. The molecule has 4 heteroatoms. The minimum Gasteiger partial charge on any atom is -0.393 e. The molecule has 2 atom stereocenters. The number of para-hydroxylation sites is 1. The van der Waals surface area contributed by atoms with Crippen molar-refractivity contribution >= 4 is 16.8 Å². The van der Waals surface area contributed by atoms with Crippen molar-refractivity contribution in [1.29, 1.82) is 0 Å². The summed E-state index contributed by atoms with van der Waals surface area (Å²) in [5.74, 6) is 0.141. The lowest BCUT2D eigenvalue weighted by atomic mass is 9.86. The van der Waals surface area contributed by atoms with E-state index in [0.29, 0.717) is 12.1 Å². The monoisotopic (exact) mass is 286 g/mol. The average molecular weight is 286 g/mol. The summed E-state index contributed by atoms with van der Waals surface area (Å²) in [4.78, 5) is 12.4. The highest BCUT2D eigenvalue weighted by molar-refractivity contribution is 6.06. The van der Waals surface area contributed by atoms with Crippen molar-refractivity contribution in [2.24, 2.45) is 13.0 Å². The fourth-order valence-corrected chi connectivity index (χ4v) is 3.27. The van der Waals surface area contributed by atoms with E-state index in [2.05, 4.69) is 5.32 Å². The van der Waals surface area contributed by atoms with Crippen LogP contribution < -0.4 is 5.32 Å². The second kappa shape index (κ2) is 5.90. The van der Waals surface area contributed by atoms with Crippen molar-refractivity contribution in [3.63, 3.8) is 0 Å². The molecule has 1 aliphatic rings. The minimum absolute atomic E-state index is 0.0513. The molecule has 1 heterocycles. The number of aromatic nitrogens is 1. The van der Waals surface area contributed by atoms with E-state index >= 15 is 0 Å². The van der Waals surface area contributed by atoms with Crippen molar-refractivity contribution in [3.05, 3.63) is 36.0 Å². The molecular formula is C17H22N2O2. The molecule has 1 amide bonds. The Morgan fingerprint density at radius 1 is 1.33 bits per heavy atom. The lowest BCUT2D eigenvalue weighted by Crippen LogP contribution is -2.36. The lowest BCUT2D eigenvalue weighted by molar-refractivity contribution is 0.0663. The van der Waals surface area contributed by atoms with Gasteiger partial charge in [-0.15, -0.1) is 0 Å². The summed E-state index contributed by atoms with van der Waals surface area (Å²) in [7, 11) is 1.95. The zero-order chi connectivity index (χ0) is 14.8. The molecule has 112 valence electrons. The number of aliphatic hydroxyl groups is 1. The number of fused-ring (bicyclic) bond motifs is 1. The average Bonchev–Trinajstić information content (AvgIpc) is 2.84. The van der Waals surface area contributed by atoms with Gasteiger partial charge in [-0.1, -0.05) is 31.0 Å². The van der Waals surface area contributed by atoms with Crippen molar-refractivity contribution in [1.82, 2.24) is 9.88 Å². The molecule has 0 spiro atoms. The Bertz CT molecular complexity index is 647. The molecule has 21 heavy (non-hydrogen) atoms. The van der Waals surface area contributed by atoms with Crippen molar-refractivity contribution < 1.29 is 9.90 Å². The molecule has 2 unspecified atom stereocenters. The second-order valence-electron chi connectivity index (χ2n) is 5.99. The van der Waals surface area contributed by atoms with Gasteiger partial charge in [0.2, 0.25) is 0 Å². The number of aryl methyl sites for hydroxylation is 1. The molecule has 0 aliphatic heterocycles. The van der Waals surface area contributed by atoms with Gasteiger partial charge in [0.05, 0.1) is 11.7 Å². The third kappa shape index (κ3) is 2.81. The minimum atomic E-state index is -0.272. The van der Waals surface area contributed by atoms with Crippen LogP contribution in [0.1, 0.15) is 36.0 Å². The number of carbonyl (C=O) groups excluding carboxylic acids is 1. The number of nitrogens with zero attached hydrogens (tertiary/aromatic N) is 1. The molecule has 0 bridgehead atoms. The van der Waals surface area contributed by atoms with Gasteiger partial charge in [-0.25, -0.2) is 0 Å². The molecule has 1 aliphatic carbocycles. The van der Waals surface area contributed by atoms with E-state index in [-0.39, 0.29) is 17.9 Å². The predicted molar refractivity (Wildman–Crippen MR) is 83.2 cm³/mol. The summed E-state index contributed by atoms with van der Waals surface area (Å²) in [6, 6.07) is 7.91. The first-order valence-electron chi connectivity index (χ1n) is 7.67. The van der Waals surface area contributed by atoms with Gasteiger partial charge < -0.3 is 15.0 Å². The van der Waals surface area contributed by atoms with E-state index in [0.717, 1.165) is 36.6 Å². The van der Waals surface area contributed by atoms with Gasteiger partial charge >= 0.3 is 0 Å². The van der Waals surface area contributed by atoms with E-state index in [4.69, 9.17) is 0 Å². The number of nitrogens with one attached hydrogen (secondary N) is 1. The summed E-state index contributed by atoms with van der Waals surface area (Å²) in [6.45, 7) is 0.559. The molecule has 1 saturated carbocycles. The zero-order valence-electron chi connectivity index (χ0n) is 12.4. The van der Waals surface area contributed by atoms with Gasteiger partial charge in [-0.3, -0.25) is 4.79 Å². The third-order valence-electron chi connectivity index (χ3n) is 4.54. The van der Waals surface area contributed by atoms with Gasteiger partial charge in [0.1, 0.15) is 0 Å². The first-order chi connectivity index (χ1) is 10.2. The SMILES string of the molecule is Cn1cc(C(=O)NCC2CCCCC2O)c2ccccc21. The molecule has 3 rings (SSSR count). The van der Waals surface area contributed by atoms with Crippen LogP contribution in [0.25, 0.3) is 10.9 Å². The number of amides is 1. The summed E-state index contributed by atoms with van der Waals surface area (Å²) < 4.78 is 1.97. The maximum absolute atomic E-state index is 12.4. The van der Waals surface area contributed by atoms with Gasteiger partial charge in [-0.2, -0.15) is 0 Å². The Hall–Kier alpha value is -1.81. The Morgan fingerprint density at radius 2 is 2.10 bits per heavy atom. The van der Waals surface area contributed by atoms with Gasteiger partial charge in [0.15, 0.2) is 0 Å². The first kappa shape index (κ1) is 14.1. The standard InChI is InChI=1S/C17H22N2O2/c1-19-11-14(13-7-3-4-8-15(13)19)17(21)18-10-12-6-2-5-9-16(12)20/h3-4,7-8,11-12,16,20H,2,5-6,9-10H2,1H3,(H,18,21). The first-order valence-corrected chi connectivity index (χ1v) is 7.67. The molecule has 1 fully saturated rings. The number of aliphatic hydroxyl groups excluding tert-OH is 1. The van der Waals surface area contributed by atoms with Gasteiger partial charge in [-0.05, 0) is 18.9 Å². The zero-order valence-corrected chi connectivity index (χ0v) is 12.4. The van der Waals surface area contributed by atoms with E-state index < -0.39 is 0 Å². The van der Waals surface area contributed by atoms with Crippen LogP contribution in [-0.4, -0.2) is 28.2 Å². The molecular weight excluding hydrogens is 264 g/mol. The maximum atomic E-state index is 12.4. The van der Waals surface area contributed by atoms with Crippen molar-refractivity contribution in [2.45, 2.75) is 31.8 Å². The highest BCUT2D eigenvalue weighted by atomic mass is 16.3. The Balaban J connectivity index is 1.72. The van der Waals surface area contributed by atoms with E-state index in [1.165, 1.54) is 0 Å². The molecule has 1 aromatic heterocycles. The van der Waals surface area contributed by atoms with Crippen LogP contribution in [0.5, 0.6) is 0 Å². The van der Waals surface area contributed by atoms with Gasteiger partial charge in [0.25, 0.3) is 5.91 Å². The Kier molecular flexibility index (Phi) is 3.97. The maximum Gasteiger partial charge on any atom is 0.253 e. The Morgan fingerprint density at radius 3 is 2.90 bits per heavy atom. The number of hydrogen-bond acceptors (Lipinski definition) is 2. The largest absolute Gasteiger partial charge is 0.393 e. The van der Waals surface area contributed by atoms with Crippen LogP contribution in [0, 0.1) is 5.92 Å². The van der Waals surface area contributed by atoms with E-state index in [9.17, 15) is 9.90 Å². The van der Waals surface area contributed by atoms with Crippen LogP contribution in [0.3, 0.4) is 0 Å². The van der Waals surface area contributed by atoms with E-state index in [1.807, 2.05) is 42.1 Å². The van der Waals surface area contributed by atoms with Crippen molar-refractivity contribution in [2.75, 3.05) is 6.54 Å². The third-order valence-corrected chi connectivity index (χ3v) is 4.54. The van der Waals surface area contributed by atoms with Crippen LogP contribution in [0.2, 0.25) is 0 Å². The summed E-state index contributed by atoms with van der Waals surface area (Å²) >= 11 is 0. The summed E-state index contributed by atoms with van der Waals surface area (Å²) in [5.41, 5.74) is 1.76. The number of hydrogen-bond donors (Lipinski definition) is 2. The fourth-order valence-electron chi connectivity index (χ4n) is 3.27. The van der Waals surface area contributed by atoms with Crippen LogP contribution in [0.15, 0.2) is 30.5 Å². The smallest absolute Gasteiger partial charge is 0.253 e. The summed E-state index contributed by atoms with van der Waals surface area (Å²) in [6.07, 6.45) is 5.69. The molecule has 2 N–H and O–H groups in total. The van der Waals surface area contributed by atoms with Crippen LogP contribution in [0.4, 0.5) is 0 Å². The molecule has 1 aromatic carbocycles. The van der Waals surface area contributed by atoms with E-state index in [1.54, 1.807) is 0 Å². The molecule has 0 saturated heterocycles. The quantitative estimate of drug-likeness (QED) is 0.910. The summed E-state index contributed by atoms with van der Waals surface area (Å²) in [5, 5.41) is 13.9. The van der Waals surface area contributed by atoms with Crippen molar-refractivity contribution in [3.8, 4) is 0 Å². The normalized spacial score (nSPS) is 22.4. The number of carbonyl (C=O) groups is 1. The highest BCUT2D eigenvalue weighted by Crippen LogP contribution is 2.24. The number of benzene rings is 1. The van der Waals surface area contributed by atoms with Gasteiger partial charge in [0, 0.05) is 36.6 Å². The Labute approximate surface area is 124 Å². The molecule has 4 nitrogen and oxygen atoms in total. The van der Waals surface area contributed by atoms with Crippen LogP contribution in [-0.2, 0) is 7.05 Å².